The molecule has 1 atom stereocenters. The highest BCUT2D eigenvalue weighted by molar-refractivity contribution is 5.83. The quantitative estimate of drug-likeness (QED) is 0.768. The van der Waals surface area contributed by atoms with Crippen LogP contribution in [0.4, 0.5) is 0 Å². The Morgan fingerprint density at radius 1 is 1.44 bits per heavy atom. The minimum Gasteiger partial charge on any atom is -0.330 e. The minimum atomic E-state index is 0.000262. The van der Waals surface area contributed by atoms with E-state index in [1.54, 1.807) is 0 Å². The normalized spacial score (nSPS) is 12.7. The molecule has 4 heteroatoms. The lowest BCUT2D eigenvalue weighted by atomic mass is 9.95. The summed E-state index contributed by atoms with van der Waals surface area (Å²) in [6.07, 6.45) is 3.25. The molecule has 0 aliphatic heterocycles. The maximum Gasteiger partial charge on any atom is 0.143 e. The van der Waals surface area contributed by atoms with Gasteiger partial charge in [-0.05, 0) is 25.8 Å². The van der Waals surface area contributed by atoms with Crippen molar-refractivity contribution in [3.05, 3.63) is 17.5 Å². The molecule has 0 saturated heterocycles. The van der Waals surface area contributed by atoms with Gasteiger partial charge in [0, 0.05) is 31.1 Å². The van der Waals surface area contributed by atoms with E-state index in [2.05, 4.69) is 18.9 Å². The first-order valence-electron chi connectivity index (χ1n) is 6.94. The molecule has 1 rings (SSSR count). The second-order valence-electron chi connectivity index (χ2n) is 4.66. The largest absolute Gasteiger partial charge is 0.330 e. The van der Waals surface area contributed by atoms with Crippen LogP contribution < -0.4 is 5.73 Å². The lowest BCUT2D eigenvalue weighted by Crippen LogP contribution is -2.25. The Labute approximate surface area is 110 Å². The summed E-state index contributed by atoms with van der Waals surface area (Å²) in [6, 6.07) is 2.04. The summed E-state index contributed by atoms with van der Waals surface area (Å²) < 4.78 is 1.93. The average Bonchev–Trinajstić information content (AvgIpc) is 2.77. The van der Waals surface area contributed by atoms with Crippen LogP contribution in [0.5, 0.6) is 0 Å². The molecule has 102 valence electrons. The van der Waals surface area contributed by atoms with Crippen LogP contribution in [0.1, 0.15) is 45.0 Å². The monoisotopic (exact) mass is 251 g/mol. The van der Waals surface area contributed by atoms with Crippen molar-refractivity contribution < 1.29 is 4.79 Å². The molecule has 0 aromatic carbocycles. The number of aromatic nitrogens is 2. The SMILES string of the molecule is CCCC(CN)C(=O)Cc1cc(CC)nn1CC. The minimum absolute atomic E-state index is 0.000262. The van der Waals surface area contributed by atoms with Crippen molar-refractivity contribution >= 4 is 5.78 Å². The number of carbonyl (C=O) groups is 1. The number of hydrogen-bond acceptors (Lipinski definition) is 3. The molecule has 18 heavy (non-hydrogen) atoms. The van der Waals surface area contributed by atoms with Gasteiger partial charge in [0.25, 0.3) is 0 Å². The van der Waals surface area contributed by atoms with Gasteiger partial charge in [-0.3, -0.25) is 9.48 Å². The smallest absolute Gasteiger partial charge is 0.143 e. The third-order valence-corrected chi connectivity index (χ3v) is 3.31. The van der Waals surface area contributed by atoms with Crippen molar-refractivity contribution in [1.82, 2.24) is 9.78 Å². The maximum absolute atomic E-state index is 12.2. The van der Waals surface area contributed by atoms with E-state index in [-0.39, 0.29) is 11.7 Å². The highest BCUT2D eigenvalue weighted by Gasteiger charge is 2.18. The molecular formula is C14H25N3O. The van der Waals surface area contributed by atoms with Crippen LogP contribution in [0.15, 0.2) is 6.07 Å². The van der Waals surface area contributed by atoms with Crippen LogP contribution >= 0.6 is 0 Å². The predicted octanol–water partition coefficient (Wildman–Crippen LogP) is 1.95. The molecule has 1 heterocycles. The Bertz CT molecular complexity index is 384. The number of Topliss-reactive ketones (excluding diaryl/α,β-unsaturated/α-hetero) is 1. The molecule has 0 radical (unpaired) electrons. The molecule has 0 aliphatic rings. The van der Waals surface area contributed by atoms with E-state index in [9.17, 15) is 4.79 Å². The third kappa shape index (κ3) is 3.67. The van der Waals surface area contributed by atoms with E-state index in [1.807, 2.05) is 17.7 Å². The fourth-order valence-corrected chi connectivity index (χ4v) is 2.19. The van der Waals surface area contributed by atoms with E-state index in [4.69, 9.17) is 5.73 Å². The summed E-state index contributed by atoms with van der Waals surface area (Å²) in [4.78, 5) is 12.2. The topological polar surface area (TPSA) is 60.9 Å². The number of nitrogens with zero attached hydrogens (tertiary/aromatic N) is 2. The molecule has 0 fully saturated rings. The van der Waals surface area contributed by atoms with Crippen LogP contribution in [-0.2, 0) is 24.2 Å². The van der Waals surface area contributed by atoms with Gasteiger partial charge in [-0.25, -0.2) is 0 Å². The van der Waals surface area contributed by atoms with Crippen molar-refractivity contribution in [3.8, 4) is 0 Å². The number of carbonyl (C=O) groups excluding carboxylic acids is 1. The molecule has 0 aliphatic carbocycles. The Kier molecular flexibility index (Phi) is 6.05. The number of rotatable bonds is 8. The Balaban J connectivity index is 2.76. The number of nitrogens with two attached hydrogens (primary N) is 1. The lowest BCUT2D eigenvalue weighted by Gasteiger charge is -2.12. The van der Waals surface area contributed by atoms with E-state index < -0.39 is 0 Å². The van der Waals surface area contributed by atoms with Gasteiger partial charge in [0.05, 0.1) is 5.69 Å². The summed E-state index contributed by atoms with van der Waals surface area (Å²) in [5.41, 5.74) is 7.75. The molecule has 0 saturated carbocycles. The zero-order chi connectivity index (χ0) is 13.5. The van der Waals surface area contributed by atoms with Crippen LogP contribution in [0, 0.1) is 5.92 Å². The van der Waals surface area contributed by atoms with Gasteiger partial charge in [-0.1, -0.05) is 20.3 Å². The summed E-state index contributed by atoms with van der Waals surface area (Å²) in [5, 5.41) is 4.46. The van der Waals surface area contributed by atoms with Gasteiger partial charge in [-0.2, -0.15) is 5.10 Å². The molecule has 0 amide bonds. The third-order valence-electron chi connectivity index (χ3n) is 3.31. The van der Waals surface area contributed by atoms with E-state index >= 15 is 0 Å². The summed E-state index contributed by atoms with van der Waals surface area (Å²) >= 11 is 0. The van der Waals surface area contributed by atoms with Gasteiger partial charge in [0.15, 0.2) is 0 Å². The average molecular weight is 251 g/mol. The molecule has 1 aromatic rings. The second-order valence-corrected chi connectivity index (χ2v) is 4.66. The van der Waals surface area contributed by atoms with Gasteiger partial charge in [0.2, 0.25) is 0 Å². The van der Waals surface area contributed by atoms with Crippen molar-refractivity contribution in [2.75, 3.05) is 6.54 Å². The lowest BCUT2D eigenvalue weighted by molar-refractivity contribution is -0.122. The standard InChI is InChI=1S/C14H25N3O/c1-4-7-11(10-15)14(18)9-13-8-12(5-2)16-17(13)6-3/h8,11H,4-7,9-10,15H2,1-3H3. The first kappa shape index (κ1) is 14.9. The second kappa shape index (κ2) is 7.31. The van der Waals surface area contributed by atoms with Crippen LogP contribution in [0.3, 0.4) is 0 Å². The van der Waals surface area contributed by atoms with E-state index in [0.29, 0.717) is 13.0 Å². The molecule has 1 unspecified atom stereocenters. The number of aryl methyl sites for hydroxylation is 2. The van der Waals surface area contributed by atoms with Crippen molar-refractivity contribution in [3.63, 3.8) is 0 Å². The van der Waals surface area contributed by atoms with Crippen LogP contribution in [0.25, 0.3) is 0 Å². The van der Waals surface area contributed by atoms with E-state index in [0.717, 1.165) is 37.2 Å². The fourth-order valence-electron chi connectivity index (χ4n) is 2.19. The molecule has 1 aromatic heterocycles. The van der Waals surface area contributed by atoms with Gasteiger partial charge in [0.1, 0.15) is 5.78 Å². The van der Waals surface area contributed by atoms with Crippen LogP contribution in [0.2, 0.25) is 0 Å². The summed E-state index contributed by atoms with van der Waals surface area (Å²) in [6.45, 7) is 7.47. The van der Waals surface area contributed by atoms with Crippen molar-refractivity contribution in [1.29, 1.82) is 0 Å². The Hall–Kier alpha value is -1.16. The number of ketones is 1. The van der Waals surface area contributed by atoms with Crippen molar-refractivity contribution in [2.45, 2.75) is 53.0 Å². The Morgan fingerprint density at radius 2 is 2.17 bits per heavy atom. The Morgan fingerprint density at radius 3 is 2.67 bits per heavy atom. The van der Waals surface area contributed by atoms with Crippen molar-refractivity contribution in [2.24, 2.45) is 11.7 Å². The molecule has 4 nitrogen and oxygen atoms in total. The van der Waals surface area contributed by atoms with Gasteiger partial charge in [-0.15, -0.1) is 0 Å². The fraction of sp³-hybridized carbons (Fsp3) is 0.714. The molecule has 2 N–H and O–H groups in total. The predicted molar refractivity (Wildman–Crippen MR) is 73.4 cm³/mol. The highest BCUT2D eigenvalue weighted by Crippen LogP contribution is 2.12. The van der Waals surface area contributed by atoms with E-state index in [1.165, 1.54) is 0 Å². The zero-order valence-corrected chi connectivity index (χ0v) is 11.8. The number of hydrogen-bond donors (Lipinski definition) is 1. The first-order chi connectivity index (χ1) is 8.65. The first-order valence-corrected chi connectivity index (χ1v) is 6.94. The summed E-state index contributed by atoms with van der Waals surface area (Å²) in [7, 11) is 0. The van der Waals surface area contributed by atoms with Crippen LogP contribution in [-0.4, -0.2) is 22.1 Å². The summed E-state index contributed by atoms with van der Waals surface area (Å²) in [5.74, 6) is 0.247. The molecule has 0 bridgehead atoms. The maximum atomic E-state index is 12.2. The molecule has 0 spiro atoms. The highest BCUT2D eigenvalue weighted by atomic mass is 16.1. The molecular weight excluding hydrogens is 226 g/mol. The van der Waals surface area contributed by atoms with Gasteiger partial charge >= 0.3 is 0 Å². The van der Waals surface area contributed by atoms with Gasteiger partial charge < -0.3 is 5.73 Å². The zero-order valence-electron chi connectivity index (χ0n) is 11.8.